The molecule has 0 fully saturated rings. The van der Waals surface area contributed by atoms with Crippen LogP contribution in [0.3, 0.4) is 0 Å². The fourth-order valence-electron chi connectivity index (χ4n) is 2.08. The normalized spacial score (nSPS) is 13.2. The van der Waals surface area contributed by atoms with Crippen LogP contribution in [0.4, 0.5) is 5.13 Å². The van der Waals surface area contributed by atoms with E-state index in [1.165, 1.54) is 17.7 Å². The fraction of sp³-hybridized carbons (Fsp3) is 0.812. The van der Waals surface area contributed by atoms with Crippen molar-refractivity contribution in [2.45, 2.75) is 60.4 Å². The number of thiazole rings is 1. The average Bonchev–Trinajstić information content (AvgIpc) is 2.70. The average molecular weight is 298 g/mol. The highest BCUT2D eigenvalue weighted by Gasteiger charge is 2.16. The number of hydrogen-bond donors (Lipinski definition) is 1. The lowest BCUT2D eigenvalue weighted by Crippen LogP contribution is -2.27. The quantitative estimate of drug-likeness (QED) is 0.774. The van der Waals surface area contributed by atoms with Gasteiger partial charge < -0.3 is 10.6 Å². The second-order valence-electron chi connectivity index (χ2n) is 6.59. The number of nitrogens with zero attached hydrogens (tertiary/aromatic N) is 2. The van der Waals surface area contributed by atoms with Crippen LogP contribution in [0.5, 0.6) is 0 Å². The summed E-state index contributed by atoms with van der Waals surface area (Å²) >= 11 is 1.77. The van der Waals surface area contributed by atoms with Gasteiger partial charge >= 0.3 is 0 Å². The molecule has 0 saturated heterocycles. The summed E-state index contributed by atoms with van der Waals surface area (Å²) in [6.07, 6.45) is 2.43. The number of anilines is 1. The lowest BCUT2D eigenvalue weighted by atomic mass is 10.1. The molecule has 1 aromatic heterocycles. The molecular weight excluding hydrogens is 266 g/mol. The Labute approximate surface area is 128 Å². The van der Waals surface area contributed by atoms with E-state index in [1.54, 1.807) is 11.3 Å². The molecule has 0 bridgehead atoms. The molecule has 0 amide bonds. The molecule has 0 saturated carbocycles. The maximum Gasteiger partial charge on any atom is 0.185 e. The Morgan fingerprint density at radius 2 is 1.55 bits per heavy atom. The van der Waals surface area contributed by atoms with Crippen molar-refractivity contribution >= 4 is 16.5 Å². The molecule has 0 aliphatic rings. The van der Waals surface area contributed by atoms with Crippen molar-refractivity contribution < 1.29 is 0 Å². The van der Waals surface area contributed by atoms with Crippen LogP contribution < -0.4 is 10.6 Å². The van der Waals surface area contributed by atoms with E-state index < -0.39 is 0 Å². The van der Waals surface area contributed by atoms with Crippen LogP contribution in [-0.2, 0) is 0 Å². The molecule has 1 heterocycles. The number of rotatable bonds is 8. The molecule has 116 valence electrons. The van der Waals surface area contributed by atoms with E-state index in [-0.39, 0.29) is 6.04 Å². The minimum atomic E-state index is 0.0818. The predicted octanol–water partition coefficient (Wildman–Crippen LogP) is 4.37. The Morgan fingerprint density at radius 3 is 1.90 bits per heavy atom. The zero-order valence-electron chi connectivity index (χ0n) is 13.9. The molecule has 0 aromatic carbocycles. The summed E-state index contributed by atoms with van der Waals surface area (Å²) in [5, 5.41) is 1.15. The summed E-state index contributed by atoms with van der Waals surface area (Å²) in [7, 11) is 0. The predicted molar refractivity (Wildman–Crippen MR) is 90.6 cm³/mol. The molecule has 1 unspecified atom stereocenters. The summed E-state index contributed by atoms with van der Waals surface area (Å²) in [6, 6.07) is 0.0818. The molecule has 1 atom stereocenters. The largest absolute Gasteiger partial charge is 0.348 e. The van der Waals surface area contributed by atoms with Gasteiger partial charge in [-0.15, -0.1) is 11.3 Å². The SMILES string of the molecule is Cc1nc(N(CCC(C)C)CCC(C)C)sc1C(C)N. The Balaban J connectivity index is 2.82. The van der Waals surface area contributed by atoms with Crippen molar-refractivity contribution in [3.8, 4) is 0 Å². The Kier molecular flexibility index (Phi) is 6.96. The van der Waals surface area contributed by atoms with Gasteiger partial charge in [0.2, 0.25) is 0 Å². The van der Waals surface area contributed by atoms with Crippen molar-refractivity contribution in [2.24, 2.45) is 17.6 Å². The van der Waals surface area contributed by atoms with Gasteiger partial charge in [0.1, 0.15) is 0 Å². The third-order valence-corrected chi connectivity index (χ3v) is 4.88. The van der Waals surface area contributed by atoms with Gasteiger partial charge in [-0.25, -0.2) is 4.98 Å². The first-order valence-corrected chi connectivity index (χ1v) is 8.60. The first-order chi connectivity index (χ1) is 9.31. The first kappa shape index (κ1) is 17.4. The van der Waals surface area contributed by atoms with Gasteiger partial charge in [0.15, 0.2) is 5.13 Å². The monoisotopic (exact) mass is 297 g/mol. The highest BCUT2D eigenvalue weighted by molar-refractivity contribution is 7.15. The van der Waals surface area contributed by atoms with Crippen molar-refractivity contribution in [2.75, 3.05) is 18.0 Å². The molecule has 0 aliphatic carbocycles. The number of hydrogen-bond acceptors (Lipinski definition) is 4. The molecule has 0 radical (unpaired) electrons. The van der Waals surface area contributed by atoms with Gasteiger partial charge in [-0.05, 0) is 38.5 Å². The maximum atomic E-state index is 6.02. The fourth-order valence-corrected chi connectivity index (χ4v) is 3.15. The van der Waals surface area contributed by atoms with E-state index in [9.17, 15) is 0 Å². The Bertz CT molecular complexity index is 384. The molecule has 0 spiro atoms. The van der Waals surface area contributed by atoms with Gasteiger partial charge in [0, 0.05) is 24.0 Å². The lowest BCUT2D eigenvalue weighted by molar-refractivity contribution is 0.535. The van der Waals surface area contributed by atoms with Gasteiger partial charge in [0.25, 0.3) is 0 Å². The van der Waals surface area contributed by atoms with Crippen LogP contribution in [0.25, 0.3) is 0 Å². The maximum absolute atomic E-state index is 6.02. The summed E-state index contributed by atoms with van der Waals surface area (Å²) in [5.74, 6) is 1.45. The zero-order valence-corrected chi connectivity index (χ0v) is 14.8. The van der Waals surface area contributed by atoms with Crippen LogP contribution in [0.2, 0.25) is 0 Å². The summed E-state index contributed by atoms with van der Waals surface area (Å²) in [5.41, 5.74) is 7.12. The summed E-state index contributed by atoms with van der Waals surface area (Å²) < 4.78 is 0. The zero-order chi connectivity index (χ0) is 15.3. The van der Waals surface area contributed by atoms with Gasteiger partial charge in [-0.1, -0.05) is 27.7 Å². The van der Waals surface area contributed by atoms with E-state index in [2.05, 4.69) is 39.5 Å². The highest BCUT2D eigenvalue weighted by atomic mass is 32.1. The molecule has 1 rings (SSSR count). The first-order valence-electron chi connectivity index (χ1n) is 7.79. The smallest absolute Gasteiger partial charge is 0.185 e. The molecular formula is C16H31N3S. The van der Waals surface area contributed by atoms with E-state index in [0.29, 0.717) is 0 Å². The van der Waals surface area contributed by atoms with Crippen molar-refractivity contribution in [1.29, 1.82) is 0 Å². The molecule has 2 N–H and O–H groups in total. The second kappa shape index (κ2) is 7.99. The van der Waals surface area contributed by atoms with E-state index in [4.69, 9.17) is 10.7 Å². The lowest BCUT2D eigenvalue weighted by Gasteiger charge is -2.23. The number of aromatic nitrogens is 1. The van der Waals surface area contributed by atoms with Gasteiger partial charge in [0.05, 0.1) is 5.69 Å². The molecule has 0 aliphatic heterocycles. The standard InChI is InChI=1S/C16H31N3S/c1-11(2)7-9-19(10-8-12(3)4)16-18-14(6)15(20-16)13(5)17/h11-13H,7-10,17H2,1-6H3. The minimum absolute atomic E-state index is 0.0818. The molecule has 1 aromatic rings. The van der Waals surface area contributed by atoms with Crippen molar-refractivity contribution in [3.05, 3.63) is 10.6 Å². The number of aryl methyl sites for hydroxylation is 1. The highest BCUT2D eigenvalue weighted by Crippen LogP contribution is 2.30. The van der Waals surface area contributed by atoms with E-state index in [1.807, 2.05) is 6.92 Å². The van der Waals surface area contributed by atoms with Gasteiger partial charge in [-0.2, -0.15) is 0 Å². The summed E-state index contributed by atoms with van der Waals surface area (Å²) in [4.78, 5) is 8.42. The third kappa shape index (κ3) is 5.41. The molecule has 20 heavy (non-hydrogen) atoms. The Morgan fingerprint density at radius 1 is 1.05 bits per heavy atom. The third-order valence-electron chi connectivity index (χ3n) is 3.46. The van der Waals surface area contributed by atoms with E-state index >= 15 is 0 Å². The van der Waals surface area contributed by atoms with Crippen molar-refractivity contribution in [3.63, 3.8) is 0 Å². The van der Waals surface area contributed by atoms with Crippen LogP contribution >= 0.6 is 11.3 Å². The van der Waals surface area contributed by atoms with E-state index in [0.717, 1.165) is 35.8 Å². The van der Waals surface area contributed by atoms with Crippen LogP contribution in [0, 0.1) is 18.8 Å². The topological polar surface area (TPSA) is 42.2 Å². The summed E-state index contributed by atoms with van der Waals surface area (Å²) in [6.45, 7) is 15.4. The van der Waals surface area contributed by atoms with Crippen LogP contribution in [0.15, 0.2) is 0 Å². The number of nitrogens with two attached hydrogens (primary N) is 1. The van der Waals surface area contributed by atoms with Gasteiger partial charge in [-0.3, -0.25) is 0 Å². The minimum Gasteiger partial charge on any atom is -0.348 e. The van der Waals surface area contributed by atoms with Crippen LogP contribution in [0.1, 0.15) is 64.1 Å². The second-order valence-corrected chi connectivity index (χ2v) is 7.60. The van der Waals surface area contributed by atoms with Crippen LogP contribution in [-0.4, -0.2) is 18.1 Å². The molecule has 3 nitrogen and oxygen atoms in total. The molecule has 4 heteroatoms. The van der Waals surface area contributed by atoms with Crippen molar-refractivity contribution in [1.82, 2.24) is 4.98 Å². The Hall–Kier alpha value is -0.610.